The Morgan fingerprint density at radius 1 is 1.16 bits per heavy atom. The molecule has 1 unspecified atom stereocenters. The number of nitrogens with one attached hydrogen (secondary N) is 1. The molecule has 1 nitrogen and oxygen atoms in total. The van der Waals surface area contributed by atoms with E-state index in [1.807, 2.05) is 19.9 Å². The summed E-state index contributed by atoms with van der Waals surface area (Å²) < 4.78 is 14.3. The molecular weight excluding hydrogens is 237 g/mol. The summed E-state index contributed by atoms with van der Waals surface area (Å²) in [6.07, 6.45) is 1.01. The Hall–Kier alpha value is -1.67. The van der Waals surface area contributed by atoms with Gasteiger partial charge in [-0.05, 0) is 48.6 Å². The fraction of sp³-hybridized carbons (Fsp3) is 0.294. The maximum Gasteiger partial charge on any atom is 0.128 e. The van der Waals surface area contributed by atoms with Crippen molar-refractivity contribution in [2.75, 3.05) is 6.54 Å². The summed E-state index contributed by atoms with van der Waals surface area (Å²) in [4.78, 5) is 0. The third-order valence-electron chi connectivity index (χ3n) is 3.88. The van der Waals surface area contributed by atoms with E-state index in [1.54, 1.807) is 6.07 Å². The molecule has 1 N–H and O–H groups in total. The first-order valence-corrected chi connectivity index (χ1v) is 6.74. The maximum atomic E-state index is 14.3. The van der Waals surface area contributed by atoms with Crippen LogP contribution in [0.5, 0.6) is 0 Å². The smallest absolute Gasteiger partial charge is 0.128 e. The van der Waals surface area contributed by atoms with Crippen LogP contribution < -0.4 is 5.32 Å². The van der Waals surface area contributed by atoms with E-state index in [9.17, 15) is 4.39 Å². The molecule has 1 heterocycles. The van der Waals surface area contributed by atoms with E-state index in [2.05, 4.69) is 29.6 Å². The topological polar surface area (TPSA) is 12.0 Å². The molecule has 2 heteroatoms. The number of halogens is 1. The Morgan fingerprint density at radius 3 is 2.74 bits per heavy atom. The highest BCUT2D eigenvalue weighted by molar-refractivity contribution is 5.44. The SMILES string of the molecule is Cc1cc(C)c(C2NCCc3ccccc32)c(F)c1. The molecule has 0 spiro atoms. The zero-order valence-electron chi connectivity index (χ0n) is 11.3. The first-order valence-electron chi connectivity index (χ1n) is 6.74. The molecule has 1 aliphatic heterocycles. The van der Waals surface area contributed by atoms with Gasteiger partial charge in [0.15, 0.2) is 0 Å². The molecular formula is C17H18FN. The van der Waals surface area contributed by atoms with Crippen molar-refractivity contribution in [2.45, 2.75) is 26.3 Å². The van der Waals surface area contributed by atoms with E-state index >= 15 is 0 Å². The van der Waals surface area contributed by atoms with Gasteiger partial charge >= 0.3 is 0 Å². The molecule has 2 aromatic rings. The molecule has 98 valence electrons. The number of benzene rings is 2. The summed E-state index contributed by atoms with van der Waals surface area (Å²) in [7, 11) is 0. The van der Waals surface area contributed by atoms with Gasteiger partial charge in [0.05, 0.1) is 6.04 Å². The van der Waals surface area contributed by atoms with E-state index in [0.717, 1.165) is 29.7 Å². The molecule has 0 aliphatic carbocycles. The summed E-state index contributed by atoms with van der Waals surface area (Å²) in [5.41, 5.74) is 5.32. The number of rotatable bonds is 1. The highest BCUT2D eigenvalue weighted by atomic mass is 19.1. The van der Waals surface area contributed by atoms with Crippen LogP contribution in [0, 0.1) is 19.7 Å². The number of aryl methyl sites for hydroxylation is 2. The summed E-state index contributed by atoms with van der Waals surface area (Å²) in [5, 5.41) is 3.45. The highest BCUT2D eigenvalue weighted by Gasteiger charge is 2.24. The largest absolute Gasteiger partial charge is 0.306 e. The monoisotopic (exact) mass is 255 g/mol. The first kappa shape index (κ1) is 12.4. The van der Waals surface area contributed by atoms with Crippen molar-refractivity contribution in [2.24, 2.45) is 0 Å². The van der Waals surface area contributed by atoms with Crippen molar-refractivity contribution in [3.8, 4) is 0 Å². The van der Waals surface area contributed by atoms with Crippen molar-refractivity contribution in [1.82, 2.24) is 5.32 Å². The predicted octanol–water partition coefficient (Wildman–Crippen LogP) is 3.68. The Kier molecular flexibility index (Phi) is 3.11. The highest BCUT2D eigenvalue weighted by Crippen LogP contribution is 2.32. The van der Waals surface area contributed by atoms with Crippen LogP contribution in [0.2, 0.25) is 0 Å². The van der Waals surface area contributed by atoms with Crippen molar-refractivity contribution >= 4 is 0 Å². The third kappa shape index (κ3) is 2.17. The minimum absolute atomic E-state index is 0.0226. The van der Waals surface area contributed by atoms with E-state index in [1.165, 1.54) is 11.1 Å². The molecule has 0 saturated heterocycles. The van der Waals surface area contributed by atoms with Gasteiger partial charge in [-0.25, -0.2) is 4.39 Å². The molecule has 3 rings (SSSR count). The summed E-state index contributed by atoms with van der Waals surface area (Å²) in [6.45, 7) is 4.82. The van der Waals surface area contributed by atoms with Crippen LogP contribution in [0.1, 0.15) is 33.9 Å². The van der Waals surface area contributed by atoms with Crippen LogP contribution in [-0.4, -0.2) is 6.54 Å². The van der Waals surface area contributed by atoms with Gasteiger partial charge in [-0.1, -0.05) is 30.3 Å². The molecule has 0 fully saturated rings. The van der Waals surface area contributed by atoms with Crippen LogP contribution in [0.25, 0.3) is 0 Å². The van der Waals surface area contributed by atoms with Crippen molar-refractivity contribution in [3.63, 3.8) is 0 Å². The lowest BCUT2D eigenvalue weighted by atomic mass is 9.87. The van der Waals surface area contributed by atoms with Crippen LogP contribution in [0.3, 0.4) is 0 Å². The fourth-order valence-corrected chi connectivity index (χ4v) is 3.05. The molecule has 1 atom stereocenters. The van der Waals surface area contributed by atoms with Gasteiger partial charge < -0.3 is 5.32 Å². The third-order valence-corrected chi connectivity index (χ3v) is 3.88. The van der Waals surface area contributed by atoms with Gasteiger partial charge in [-0.3, -0.25) is 0 Å². The molecule has 0 aromatic heterocycles. The first-order chi connectivity index (χ1) is 9.16. The molecule has 0 saturated carbocycles. The standard InChI is InChI=1S/C17H18FN/c1-11-9-12(2)16(15(18)10-11)17-14-6-4-3-5-13(14)7-8-19-17/h3-6,9-10,17,19H,7-8H2,1-2H3. The second-order valence-corrected chi connectivity index (χ2v) is 5.31. The number of fused-ring (bicyclic) bond motifs is 1. The van der Waals surface area contributed by atoms with Crippen molar-refractivity contribution in [1.29, 1.82) is 0 Å². The summed E-state index contributed by atoms with van der Waals surface area (Å²) in [5.74, 6) is -0.105. The normalized spacial score (nSPS) is 18.2. The van der Waals surface area contributed by atoms with Gasteiger partial charge in [0.2, 0.25) is 0 Å². The van der Waals surface area contributed by atoms with Gasteiger partial charge in [0, 0.05) is 12.1 Å². The molecule has 2 aromatic carbocycles. The fourth-order valence-electron chi connectivity index (χ4n) is 3.05. The quantitative estimate of drug-likeness (QED) is 0.819. The minimum atomic E-state index is -0.105. The summed E-state index contributed by atoms with van der Waals surface area (Å²) in [6, 6.07) is 12.0. The predicted molar refractivity (Wildman–Crippen MR) is 75.9 cm³/mol. The van der Waals surface area contributed by atoms with Crippen LogP contribution >= 0.6 is 0 Å². The van der Waals surface area contributed by atoms with Crippen molar-refractivity contribution < 1.29 is 4.39 Å². The Morgan fingerprint density at radius 2 is 1.95 bits per heavy atom. The van der Waals surface area contributed by atoms with E-state index in [-0.39, 0.29) is 11.9 Å². The molecule has 0 amide bonds. The Bertz CT molecular complexity index is 595. The van der Waals surface area contributed by atoms with Gasteiger partial charge in [0.1, 0.15) is 5.82 Å². The molecule has 0 radical (unpaired) electrons. The zero-order chi connectivity index (χ0) is 13.4. The minimum Gasteiger partial charge on any atom is -0.306 e. The average Bonchev–Trinajstić information content (AvgIpc) is 2.38. The Balaban J connectivity index is 2.14. The molecule has 1 aliphatic rings. The van der Waals surface area contributed by atoms with Crippen LogP contribution in [-0.2, 0) is 6.42 Å². The second-order valence-electron chi connectivity index (χ2n) is 5.31. The molecule has 0 bridgehead atoms. The maximum absolute atomic E-state index is 14.3. The van der Waals surface area contributed by atoms with E-state index in [4.69, 9.17) is 0 Å². The van der Waals surface area contributed by atoms with Gasteiger partial charge in [0.25, 0.3) is 0 Å². The lowest BCUT2D eigenvalue weighted by Crippen LogP contribution is -2.31. The van der Waals surface area contributed by atoms with E-state index < -0.39 is 0 Å². The zero-order valence-corrected chi connectivity index (χ0v) is 11.3. The number of hydrogen-bond donors (Lipinski definition) is 1. The van der Waals surface area contributed by atoms with Gasteiger partial charge in [-0.2, -0.15) is 0 Å². The number of hydrogen-bond acceptors (Lipinski definition) is 1. The van der Waals surface area contributed by atoms with Crippen LogP contribution in [0.15, 0.2) is 36.4 Å². The Labute approximate surface area is 113 Å². The van der Waals surface area contributed by atoms with Crippen LogP contribution in [0.4, 0.5) is 4.39 Å². The van der Waals surface area contributed by atoms with E-state index in [0.29, 0.717) is 0 Å². The average molecular weight is 255 g/mol. The second kappa shape index (κ2) is 4.78. The molecule has 19 heavy (non-hydrogen) atoms. The van der Waals surface area contributed by atoms with Gasteiger partial charge in [-0.15, -0.1) is 0 Å². The van der Waals surface area contributed by atoms with Crippen molar-refractivity contribution in [3.05, 3.63) is 70.0 Å². The lowest BCUT2D eigenvalue weighted by molar-refractivity contribution is 0.525. The lowest BCUT2D eigenvalue weighted by Gasteiger charge is -2.29. The summed E-state index contributed by atoms with van der Waals surface area (Å²) >= 11 is 0.